The Morgan fingerprint density at radius 2 is 2.00 bits per heavy atom. The van der Waals surface area contributed by atoms with E-state index < -0.39 is 0 Å². The molecule has 2 aromatic heterocycles. The maximum atomic E-state index is 12.0. The molecule has 130 valence electrons. The lowest BCUT2D eigenvalue weighted by molar-refractivity contribution is -0.122. The van der Waals surface area contributed by atoms with Crippen LogP contribution in [0.4, 0.5) is 0 Å². The van der Waals surface area contributed by atoms with Gasteiger partial charge in [0, 0.05) is 24.7 Å². The van der Waals surface area contributed by atoms with Gasteiger partial charge < -0.3 is 10.2 Å². The van der Waals surface area contributed by atoms with E-state index in [1.807, 2.05) is 0 Å². The average molecular weight is 335 g/mol. The van der Waals surface area contributed by atoms with E-state index >= 15 is 0 Å². The van der Waals surface area contributed by atoms with Crippen molar-refractivity contribution in [2.75, 3.05) is 0 Å². The second kappa shape index (κ2) is 7.10. The number of carbonyl (C=O) groups is 1. The Labute approximate surface area is 137 Å². The van der Waals surface area contributed by atoms with Crippen molar-refractivity contribution in [2.24, 2.45) is 0 Å². The zero-order valence-corrected chi connectivity index (χ0v) is 13.2. The summed E-state index contributed by atoms with van der Waals surface area (Å²) in [5, 5.41) is 19.6. The van der Waals surface area contributed by atoms with E-state index in [0.29, 0.717) is 24.4 Å². The molecule has 4 heterocycles. The normalized spacial score (nSPS) is 26.6. The fourth-order valence-electron chi connectivity index (χ4n) is 3.84. The van der Waals surface area contributed by atoms with Gasteiger partial charge in [-0.1, -0.05) is 6.42 Å². The first-order chi connectivity index (χ1) is 11.6. The van der Waals surface area contributed by atoms with Gasteiger partial charge in [0.15, 0.2) is 0 Å². The summed E-state index contributed by atoms with van der Waals surface area (Å²) in [6, 6.07) is 2.39. The van der Waals surface area contributed by atoms with E-state index in [1.165, 1.54) is 17.3 Å². The van der Waals surface area contributed by atoms with Gasteiger partial charge in [-0.2, -0.15) is 4.52 Å². The van der Waals surface area contributed by atoms with Crippen LogP contribution in [0, 0.1) is 0 Å². The molecular weight excluding hydrogens is 314 g/mol. The number of piperidine rings is 2. The molecule has 0 saturated carbocycles. The van der Waals surface area contributed by atoms with Crippen LogP contribution in [0.2, 0.25) is 0 Å². The molecule has 0 radical (unpaired) electrons. The minimum Gasteiger partial charge on any atom is -0.483 e. The lowest BCUT2D eigenvalue weighted by Gasteiger charge is -2.47. The summed E-state index contributed by atoms with van der Waals surface area (Å²) in [6.45, 7) is 0.417. The average Bonchev–Trinajstić information content (AvgIpc) is 2.98. The molecule has 24 heavy (non-hydrogen) atoms. The Kier molecular flexibility index (Phi) is 4.91. The first-order valence-electron chi connectivity index (χ1n) is 8.06. The molecule has 2 fully saturated rings. The summed E-state index contributed by atoms with van der Waals surface area (Å²) in [4.78, 5) is 31.3. The van der Waals surface area contributed by atoms with E-state index in [2.05, 4.69) is 20.0 Å². The number of aliphatic hydroxyl groups is 1. The predicted octanol–water partition coefficient (Wildman–Crippen LogP) is -0.00380. The van der Waals surface area contributed by atoms with Crippen LogP contribution in [-0.2, 0) is 11.3 Å². The number of hydrogen-bond acceptors (Lipinski definition) is 6. The van der Waals surface area contributed by atoms with Gasteiger partial charge in [0.25, 0.3) is 17.8 Å². The molecule has 3 N–H and O–H groups in total. The zero-order valence-electron chi connectivity index (χ0n) is 13.2. The summed E-state index contributed by atoms with van der Waals surface area (Å²) >= 11 is 0. The summed E-state index contributed by atoms with van der Waals surface area (Å²) in [7, 11) is 0. The highest BCUT2D eigenvalue weighted by Gasteiger charge is 2.37. The molecule has 2 aliphatic heterocycles. The Balaban J connectivity index is 0.000000526. The second-order valence-electron chi connectivity index (χ2n) is 6.25. The molecular formula is C15H21N5O4. The van der Waals surface area contributed by atoms with Gasteiger partial charge in [0.05, 0.1) is 11.8 Å². The van der Waals surface area contributed by atoms with E-state index in [9.17, 15) is 9.90 Å². The molecule has 0 aromatic carbocycles. The van der Waals surface area contributed by atoms with Crippen LogP contribution in [0.3, 0.4) is 0 Å². The third-order valence-electron chi connectivity index (χ3n) is 4.77. The fraction of sp³-hybridized carbons (Fsp3) is 0.600. The van der Waals surface area contributed by atoms with Gasteiger partial charge in [-0.25, -0.2) is 9.97 Å². The molecule has 2 bridgehead atoms. The molecule has 9 nitrogen and oxygen atoms in total. The Morgan fingerprint density at radius 3 is 2.67 bits per heavy atom. The van der Waals surface area contributed by atoms with Crippen LogP contribution < -0.4 is 5.56 Å². The number of aliphatic hydroxyl groups excluding tert-OH is 1. The van der Waals surface area contributed by atoms with Crippen molar-refractivity contribution < 1.29 is 15.0 Å². The predicted molar refractivity (Wildman–Crippen MR) is 84.5 cm³/mol. The second-order valence-corrected chi connectivity index (χ2v) is 6.25. The molecule has 0 amide bonds. The standard InChI is InChI=1S/C14H19N5O2.CH2O2/c20-12-5-10-2-1-3-11(6-12)18(10)7-9-4-13(21)19-14(17-9)15-8-16-19;2-1-3/h4,8,10-12,20H,1-3,5-7H2,(H,15,16,17);1H,(H,2,3)/t10-,11+,12?;. The first-order valence-corrected chi connectivity index (χ1v) is 8.06. The topological polar surface area (TPSA) is 124 Å². The number of nitrogens with one attached hydrogen (secondary N) is 1. The van der Waals surface area contributed by atoms with E-state index in [4.69, 9.17) is 9.90 Å². The lowest BCUT2D eigenvalue weighted by atomic mass is 9.83. The monoisotopic (exact) mass is 335 g/mol. The first kappa shape index (κ1) is 16.6. The molecule has 9 heteroatoms. The van der Waals surface area contributed by atoms with Gasteiger partial charge in [-0.05, 0) is 25.7 Å². The number of carboxylic acid groups (broad SMARTS) is 1. The number of H-pyrrole nitrogens is 1. The molecule has 0 spiro atoms. The number of fused-ring (bicyclic) bond motifs is 3. The molecule has 0 aliphatic carbocycles. The Bertz CT molecular complexity index is 744. The van der Waals surface area contributed by atoms with E-state index in [0.717, 1.165) is 31.4 Å². The third kappa shape index (κ3) is 3.31. The number of nitrogens with zero attached hydrogens (tertiary/aromatic N) is 4. The van der Waals surface area contributed by atoms with Crippen molar-refractivity contribution >= 4 is 12.2 Å². The fourth-order valence-corrected chi connectivity index (χ4v) is 3.84. The van der Waals surface area contributed by atoms with E-state index in [-0.39, 0.29) is 18.1 Å². The van der Waals surface area contributed by atoms with Crippen LogP contribution in [0.15, 0.2) is 17.2 Å². The summed E-state index contributed by atoms with van der Waals surface area (Å²) in [5.41, 5.74) is 0.634. The molecule has 2 aromatic rings. The van der Waals surface area contributed by atoms with Crippen molar-refractivity contribution in [1.82, 2.24) is 24.5 Å². The molecule has 2 saturated heterocycles. The Morgan fingerprint density at radius 1 is 1.33 bits per heavy atom. The van der Waals surface area contributed by atoms with Crippen LogP contribution in [0.1, 0.15) is 37.8 Å². The quantitative estimate of drug-likeness (QED) is 0.660. The van der Waals surface area contributed by atoms with Gasteiger partial charge in [-0.15, -0.1) is 0 Å². The largest absolute Gasteiger partial charge is 0.483 e. The number of hydrogen-bond donors (Lipinski definition) is 3. The van der Waals surface area contributed by atoms with Gasteiger partial charge in [-0.3, -0.25) is 19.6 Å². The SMILES string of the molecule is O=CO.O=c1cc(CN2[C@@H]3CCC[C@H]2CC(O)C3)nc2nc[nH]n12. The van der Waals surface area contributed by atoms with Gasteiger partial charge in [0.1, 0.15) is 6.33 Å². The van der Waals surface area contributed by atoms with Crippen LogP contribution in [-0.4, -0.2) is 59.4 Å². The lowest BCUT2D eigenvalue weighted by Crippen LogP contribution is -2.53. The van der Waals surface area contributed by atoms with Gasteiger partial charge in [0.2, 0.25) is 0 Å². The van der Waals surface area contributed by atoms with Crippen LogP contribution in [0.25, 0.3) is 5.78 Å². The molecule has 3 atom stereocenters. The van der Waals surface area contributed by atoms with Crippen molar-refractivity contribution in [3.63, 3.8) is 0 Å². The van der Waals surface area contributed by atoms with E-state index in [1.54, 1.807) is 6.07 Å². The smallest absolute Gasteiger partial charge is 0.290 e. The number of rotatable bonds is 2. The summed E-state index contributed by atoms with van der Waals surface area (Å²) in [6.07, 6.45) is 6.44. The van der Waals surface area contributed by atoms with Crippen molar-refractivity contribution in [1.29, 1.82) is 0 Å². The van der Waals surface area contributed by atoms with Crippen molar-refractivity contribution in [3.8, 4) is 0 Å². The van der Waals surface area contributed by atoms with Crippen molar-refractivity contribution in [2.45, 2.75) is 56.8 Å². The van der Waals surface area contributed by atoms with Crippen molar-refractivity contribution in [3.05, 3.63) is 28.4 Å². The third-order valence-corrected chi connectivity index (χ3v) is 4.77. The molecule has 4 rings (SSSR count). The number of aromatic amines is 1. The Hall–Kier alpha value is -2.26. The number of aromatic nitrogens is 4. The minimum atomic E-state index is -0.250. The highest BCUT2D eigenvalue weighted by molar-refractivity contribution is 5.32. The maximum absolute atomic E-state index is 12.0. The van der Waals surface area contributed by atoms with Gasteiger partial charge >= 0.3 is 0 Å². The van der Waals surface area contributed by atoms with Crippen LogP contribution in [0.5, 0.6) is 0 Å². The molecule has 1 unspecified atom stereocenters. The minimum absolute atomic E-state index is 0.130. The van der Waals surface area contributed by atoms with Crippen LogP contribution >= 0.6 is 0 Å². The highest BCUT2D eigenvalue weighted by Crippen LogP contribution is 2.34. The maximum Gasteiger partial charge on any atom is 0.290 e. The summed E-state index contributed by atoms with van der Waals surface area (Å²) < 4.78 is 1.34. The zero-order chi connectivity index (χ0) is 17.1. The molecule has 2 aliphatic rings. The summed E-state index contributed by atoms with van der Waals surface area (Å²) in [5.74, 6) is 0.416. The highest BCUT2D eigenvalue weighted by atomic mass is 16.3.